The van der Waals surface area contributed by atoms with Crippen molar-refractivity contribution in [2.45, 2.75) is 0 Å². The van der Waals surface area contributed by atoms with Gasteiger partial charge >= 0.3 is 5.97 Å². The van der Waals surface area contributed by atoms with Crippen molar-refractivity contribution < 1.29 is 19.1 Å². The Bertz CT molecular complexity index is 348. The quantitative estimate of drug-likeness (QED) is 0.603. The zero-order valence-electron chi connectivity index (χ0n) is 8.17. The highest BCUT2D eigenvalue weighted by molar-refractivity contribution is 8.02. The first kappa shape index (κ1) is 11.8. The van der Waals surface area contributed by atoms with Crippen molar-refractivity contribution in [2.75, 3.05) is 19.5 Å². The van der Waals surface area contributed by atoms with Crippen LogP contribution in [0.5, 0.6) is 0 Å². The van der Waals surface area contributed by atoms with E-state index in [4.69, 9.17) is 9.52 Å². The fraction of sp³-hybridized carbons (Fsp3) is 0.333. The summed E-state index contributed by atoms with van der Waals surface area (Å²) < 4.78 is 9.46. The average molecular weight is 229 g/mol. The summed E-state index contributed by atoms with van der Waals surface area (Å²) >= 11 is 1.42. The van der Waals surface area contributed by atoms with Gasteiger partial charge in [-0.15, -0.1) is 11.8 Å². The van der Waals surface area contributed by atoms with Crippen LogP contribution in [0.25, 0.3) is 6.08 Å². The summed E-state index contributed by atoms with van der Waals surface area (Å²) in [6, 6.07) is 0. The van der Waals surface area contributed by atoms with Crippen molar-refractivity contribution in [1.29, 1.82) is 0 Å². The topological polar surface area (TPSA) is 72.6 Å². The Kier molecular flexibility index (Phi) is 4.92. The van der Waals surface area contributed by atoms with Crippen molar-refractivity contribution in [3.8, 4) is 0 Å². The van der Waals surface area contributed by atoms with Crippen LogP contribution >= 0.6 is 11.8 Å². The van der Waals surface area contributed by atoms with Gasteiger partial charge in [0.05, 0.1) is 13.7 Å². The van der Waals surface area contributed by atoms with Crippen LogP contribution in [0.3, 0.4) is 0 Å². The predicted octanol–water partition coefficient (Wildman–Crippen LogP) is 1.16. The number of carbonyl (C=O) groups is 1. The molecule has 0 aromatic carbocycles. The standard InChI is InChI=1S/C9H11NO4S/c1-13-9(12)7-6-14-8(10-7)2-4-15-5-3-11/h2,4,6,11H,3,5H2,1H3/b4-2-. The monoisotopic (exact) mass is 229 g/mol. The molecule has 0 aliphatic carbocycles. The zero-order chi connectivity index (χ0) is 11.1. The molecule has 5 nitrogen and oxygen atoms in total. The van der Waals surface area contributed by atoms with Crippen LogP contribution < -0.4 is 0 Å². The third-order valence-electron chi connectivity index (χ3n) is 1.43. The fourth-order valence-corrected chi connectivity index (χ4v) is 1.24. The van der Waals surface area contributed by atoms with Gasteiger partial charge < -0.3 is 14.3 Å². The molecule has 0 spiro atoms. The van der Waals surface area contributed by atoms with Crippen molar-refractivity contribution in [3.63, 3.8) is 0 Å². The van der Waals surface area contributed by atoms with E-state index in [1.54, 1.807) is 11.5 Å². The second-order valence-electron chi connectivity index (χ2n) is 2.46. The zero-order valence-corrected chi connectivity index (χ0v) is 8.99. The van der Waals surface area contributed by atoms with Crippen molar-refractivity contribution >= 4 is 23.8 Å². The molecule has 1 heterocycles. The number of nitrogens with zero attached hydrogens (tertiary/aromatic N) is 1. The molecule has 0 unspecified atom stereocenters. The number of ether oxygens (including phenoxy) is 1. The highest BCUT2D eigenvalue weighted by Crippen LogP contribution is 2.08. The number of carbonyl (C=O) groups excluding carboxylic acids is 1. The van der Waals surface area contributed by atoms with Gasteiger partial charge in [0.25, 0.3) is 0 Å². The molecule has 1 aromatic heterocycles. The Labute approximate surface area is 91.1 Å². The number of esters is 1. The van der Waals surface area contributed by atoms with E-state index in [1.165, 1.54) is 25.1 Å². The van der Waals surface area contributed by atoms with Crippen LogP contribution in [-0.2, 0) is 4.74 Å². The minimum Gasteiger partial charge on any atom is -0.464 e. The molecule has 0 atom stereocenters. The smallest absolute Gasteiger partial charge is 0.360 e. The lowest BCUT2D eigenvalue weighted by Gasteiger charge is -1.89. The highest BCUT2D eigenvalue weighted by atomic mass is 32.2. The number of aromatic nitrogens is 1. The molecule has 0 radical (unpaired) electrons. The Morgan fingerprint density at radius 3 is 3.27 bits per heavy atom. The lowest BCUT2D eigenvalue weighted by atomic mass is 10.5. The maximum atomic E-state index is 11.0. The number of oxazole rings is 1. The van der Waals surface area contributed by atoms with Gasteiger partial charge in [-0.1, -0.05) is 0 Å². The first-order chi connectivity index (χ1) is 7.27. The number of aliphatic hydroxyl groups is 1. The lowest BCUT2D eigenvalue weighted by Crippen LogP contribution is -2.00. The van der Waals surface area contributed by atoms with Gasteiger partial charge in [-0.2, -0.15) is 0 Å². The Hall–Kier alpha value is -1.27. The maximum absolute atomic E-state index is 11.0. The van der Waals surface area contributed by atoms with Crippen LogP contribution in [0.4, 0.5) is 0 Å². The molecule has 0 amide bonds. The molecule has 0 fully saturated rings. The van der Waals surface area contributed by atoms with E-state index in [9.17, 15) is 4.79 Å². The van der Waals surface area contributed by atoms with Crippen molar-refractivity contribution in [1.82, 2.24) is 4.98 Å². The summed E-state index contributed by atoms with van der Waals surface area (Å²) in [6.45, 7) is 0.119. The van der Waals surface area contributed by atoms with Gasteiger partial charge in [0.2, 0.25) is 5.89 Å². The molecule has 0 saturated heterocycles. The fourth-order valence-electron chi connectivity index (χ4n) is 0.790. The summed E-state index contributed by atoms with van der Waals surface area (Å²) in [5.74, 6) is 0.420. The number of hydrogen-bond donors (Lipinski definition) is 1. The SMILES string of the molecule is COC(=O)c1coc(/C=C\SCCO)n1. The van der Waals surface area contributed by atoms with Crippen LogP contribution in [0.1, 0.15) is 16.4 Å². The van der Waals surface area contributed by atoms with E-state index in [-0.39, 0.29) is 12.3 Å². The van der Waals surface area contributed by atoms with Gasteiger partial charge in [0.1, 0.15) is 6.26 Å². The first-order valence-electron chi connectivity index (χ1n) is 4.20. The molecule has 0 aliphatic rings. The molecule has 1 rings (SSSR count). The Morgan fingerprint density at radius 2 is 2.60 bits per heavy atom. The number of methoxy groups -OCH3 is 1. The summed E-state index contributed by atoms with van der Waals surface area (Å²) in [5.41, 5.74) is 0.143. The van der Waals surface area contributed by atoms with Crippen molar-refractivity contribution in [2.24, 2.45) is 0 Å². The number of thioether (sulfide) groups is 1. The van der Waals surface area contributed by atoms with Crippen LogP contribution in [0.2, 0.25) is 0 Å². The average Bonchev–Trinajstić information content (AvgIpc) is 2.72. The summed E-state index contributed by atoms with van der Waals surface area (Å²) in [5, 5.41) is 10.3. The van der Waals surface area contributed by atoms with E-state index in [1.807, 2.05) is 0 Å². The first-order valence-corrected chi connectivity index (χ1v) is 5.25. The number of hydrogen-bond acceptors (Lipinski definition) is 6. The summed E-state index contributed by atoms with van der Waals surface area (Å²) in [7, 11) is 1.28. The van der Waals surface area contributed by atoms with Gasteiger partial charge in [-0.05, 0) is 5.41 Å². The second kappa shape index (κ2) is 6.26. The molecular formula is C9H11NO4S. The Balaban J connectivity index is 2.52. The third kappa shape index (κ3) is 3.77. The molecule has 6 heteroatoms. The van der Waals surface area contributed by atoms with Crippen LogP contribution in [0, 0.1) is 0 Å². The molecule has 0 aliphatic heterocycles. The molecule has 1 N–H and O–H groups in total. The van der Waals surface area contributed by atoms with E-state index in [0.717, 1.165) is 0 Å². The predicted molar refractivity (Wildman–Crippen MR) is 56.4 cm³/mol. The van der Waals surface area contributed by atoms with Gasteiger partial charge in [0, 0.05) is 11.8 Å². The molecule has 0 bridgehead atoms. The highest BCUT2D eigenvalue weighted by Gasteiger charge is 2.10. The minimum atomic E-state index is -0.526. The maximum Gasteiger partial charge on any atom is 0.360 e. The van der Waals surface area contributed by atoms with Gasteiger partial charge in [0.15, 0.2) is 5.69 Å². The second-order valence-corrected chi connectivity index (χ2v) is 3.47. The van der Waals surface area contributed by atoms with E-state index in [2.05, 4.69) is 9.72 Å². The van der Waals surface area contributed by atoms with E-state index < -0.39 is 5.97 Å². The normalized spacial score (nSPS) is 10.8. The molecule has 82 valence electrons. The summed E-state index contributed by atoms with van der Waals surface area (Å²) in [4.78, 5) is 14.9. The van der Waals surface area contributed by atoms with Crippen molar-refractivity contribution in [3.05, 3.63) is 23.3 Å². The molecule has 0 saturated carbocycles. The Morgan fingerprint density at radius 1 is 1.80 bits per heavy atom. The minimum absolute atomic E-state index is 0.119. The largest absolute Gasteiger partial charge is 0.464 e. The molecule has 15 heavy (non-hydrogen) atoms. The number of aliphatic hydroxyl groups excluding tert-OH is 1. The van der Waals surface area contributed by atoms with E-state index >= 15 is 0 Å². The molecule has 1 aromatic rings. The van der Waals surface area contributed by atoms with Gasteiger partial charge in [-0.25, -0.2) is 9.78 Å². The van der Waals surface area contributed by atoms with Crippen LogP contribution in [0.15, 0.2) is 16.1 Å². The summed E-state index contributed by atoms with van der Waals surface area (Å²) in [6.07, 6.45) is 2.86. The van der Waals surface area contributed by atoms with Crippen LogP contribution in [-0.4, -0.2) is 35.5 Å². The van der Waals surface area contributed by atoms with Gasteiger partial charge in [-0.3, -0.25) is 0 Å². The number of rotatable bonds is 5. The molecular weight excluding hydrogens is 218 g/mol. The van der Waals surface area contributed by atoms with E-state index in [0.29, 0.717) is 11.6 Å². The third-order valence-corrected chi connectivity index (χ3v) is 2.18. The lowest BCUT2D eigenvalue weighted by molar-refractivity contribution is 0.0594.